The lowest BCUT2D eigenvalue weighted by Gasteiger charge is -2.22. The molecule has 1 saturated heterocycles. The van der Waals surface area contributed by atoms with Crippen LogP contribution >= 0.6 is 0 Å². The Morgan fingerprint density at radius 3 is 2.86 bits per heavy atom. The highest BCUT2D eigenvalue weighted by molar-refractivity contribution is 6.10. The van der Waals surface area contributed by atoms with Gasteiger partial charge in [0.2, 0.25) is 0 Å². The maximum Gasteiger partial charge on any atom is 0.116 e. The van der Waals surface area contributed by atoms with E-state index in [-0.39, 0.29) is 5.75 Å². The summed E-state index contributed by atoms with van der Waals surface area (Å²) >= 11 is 0. The molecule has 1 fully saturated rings. The molecule has 0 radical (unpaired) electrons. The van der Waals surface area contributed by atoms with E-state index in [1.54, 1.807) is 24.4 Å². The third-order valence-corrected chi connectivity index (χ3v) is 4.40. The smallest absolute Gasteiger partial charge is 0.116 e. The van der Waals surface area contributed by atoms with Crippen LogP contribution in [0, 0.1) is 5.92 Å². The minimum absolute atomic E-state index is 0.192. The van der Waals surface area contributed by atoms with Crippen molar-refractivity contribution in [2.75, 3.05) is 13.1 Å². The van der Waals surface area contributed by atoms with E-state index < -0.39 is 0 Å². The Morgan fingerprint density at radius 1 is 1.27 bits per heavy atom. The SMILES string of the molecule is O/N=C(/CCC1CCNCC1)c1ccnc2ccc(O)cc12. The number of nitrogens with zero attached hydrogens (tertiary/aromatic N) is 2. The number of piperidine rings is 1. The van der Waals surface area contributed by atoms with Crippen molar-refractivity contribution in [1.29, 1.82) is 0 Å². The fraction of sp³-hybridized carbons (Fsp3) is 0.412. The molecule has 0 atom stereocenters. The minimum Gasteiger partial charge on any atom is -0.508 e. The highest BCUT2D eigenvalue weighted by Gasteiger charge is 2.16. The number of hydrogen-bond donors (Lipinski definition) is 3. The van der Waals surface area contributed by atoms with E-state index in [4.69, 9.17) is 0 Å². The average molecular weight is 299 g/mol. The summed E-state index contributed by atoms with van der Waals surface area (Å²) in [6, 6.07) is 6.91. The van der Waals surface area contributed by atoms with Crippen molar-refractivity contribution in [3.8, 4) is 5.75 Å². The number of benzene rings is 1. The van der Waals surface area contributed by atoms with Gasteiger partial charge in [0.05, 0.1) is 11.2 Å². The van der Waals surface area contributed by atoms with Crippen molar-refractivity contribution in [3.63, 3.8) is 0 Å². The molecule has 0 bridgehead atoms. The molecule has 0 saturated carbocycles. The molecular formula is C17H21N3O2. The van der Waals surface area contributed by atoms with Crippen LogP contribution in [0.15, 0.2) is 35.6 Å². The number of oxime groups is 1. The zero-order valence-electron chi connectivity index (χ0n) is 12.5. The maximum absolute atomic E-state index is 9.71. The van der Waals surface area contributed by atoms with Crippen LogP contribution in [0.1, 0.15) is 31.2 Å². The Labute approximate surface area is 129 Å². The van der Waals surface area contributed by atoms with Crippen LogP contribution in [0.3, 0.4) is 0 Å². The monoisotopic (exact) mass is 299 g/mol. The van der Waals surface area contributed by atoms with Gasteiger partial charge in [-0.15, -0.1) is 0 Å². The average Bonchev–Trinajstić information content (AvgIpc) is 2.56. The zero-order chi connectivity index (χ0) is 15.4. The number of hydrogen-bond acceptors (Lipinski definition) is 5. The van der Waals surface area contributed by atoms with E-state index in [0.717, 1.165) is 42.4 Å². The van der Waals surface area contributed by atoms with Crippen molar-refractivity contribution < 1.29 is 10.3 Å². The molecule has 0 aliphatic carbocycles. The summed E-state index contributed by atoms with van der Waals surface area (Å²) < 4.78 is 0. The number of pyridine rings is 1. The predicted octanol–water partition coefficient (Wildman–Crippen LogP) is 2.90. The number of phenolic OH excluding ortho intramolecular Hbond substituents is 1. The molecule has 2 aromatic rings. The predicted molar refractivity (Wildman–Crippen MR) is 86.6 cm³/mol. The molecule has 1 aliphatic rings. The number of fused-ring (bicyclic) bond motifs is 1. The molecule has 0 unspecified atom stereocenters. The molecule has 22 heavy (non-hydrogen) atoms. The van der Waals surface area contributed by atoms with Gasteiger partial charge < -0.3 is 15.6 Å². The fourth-order valence-electron chi connectivity index (χ4n) is 3.14. The number of aromatic hydroxyl groups is 1. The first-order chi connectivity index (χ1) is 10.8. The third-order valence-electron chi connectivity index (χ3n) is 4.40. The van der Waals surface area contributed by atoms with Gasteiger partial charge in [0.1, 0.15) is 5.75 Å². The molecule has 1 aliphatic heterocycles. The Bertz CT molecular complexity index is 679. The van der Waals surface area contributed by atoms with Crippen molar-refractivity contribution >= 4 is 16.6 Å². The van der Waals surface area contributed by atoms with Crippen molar-refractivity contribution in [1.82, 2.24) is 10.3 Å². The molecule has 3 rings (SSSR count). The summed E-state index contributed by atoms with van der Waals surface area (Å²) in [6.45, 7) is 2.14. The van der Waals surface area contributed by atoms with E-state index >= 15 is 0 Å². The van der Waals surface area contributed by atoms with Crippen LogP contribution in [0.2, 0.25) is 0 Å². The zero-order valence-corrected chi connectivity index (χ0v) is 12.5. The van der Waals surface area contributed by atoms with Gasteiger partial charge in [-0.05, 0) is 69.0 Å². The summed E-state index contributed by atoms with van der Waals surface area (Å²) in [6.07, 6.45) is 5.82. The topological polar surface area (TPSA) is 77.7 Å². The number of phenols is 1. The van der Waals surface area contributed by atoms with E-state index in [0.29, 0.717) is 11.6 Å². The van der Waals surface area contributed by atoms with E-state index in [2.05, 4.69) is 15.5 Å². The molecule has 0 amide bonds. The molecular weight excluding hydrogens is 278 g/mol. The standard InChI is InChI=1S/C17H21N3O2/c21-13-2-4-16-15(11-13)14(7-10-19-16)17(20-22)3-1-12-5-8-18-9-6-12/h2,4,7,10-12,18,21-22H,1,3,5-6,8-9H2/b20-17-. The Morgan fingerprint density at radius 2 is 2.09 bits per heavy atom. The van der Waals surface area contributed by atoms with Gasteiger partial charge in [0.15, 0.2) is 0 Å². The van der Waals surface area contributed by atoms with Crippen LogP contribution in [0.5, 0.6) is 5.75 Å². The van der Waals surface area contributed by atoms with Gasteiger partial charge in [-0.3, -0.25) is 4.98 Å². The third kappa shape index (κ3) is 3.20. The van der Waals surface area contributed by atoms with Crippen LogP contribution < -0.4 is 5.32 Å². The first-order valence-electron chi connectivity index (χ1n) is 7.77. The molecule has 5 nitrogen and oxygen atoms in total. The molecule has 5 heteroatoms. The minimum atomic E-state index is 0.192. The number of aromatic nitrogens is 1. The highest BCUT2D eigenvalue weighted by atomic mass is 16.4. The van der Waals surface area contributed by atoms with Crippen LogP contribution in [0.4, 0.5) is 0 Å². The van der Waals surface area contributed by atoms with Crippen molar-refractivity contribution in [3.05, 3.63) is 36.0 Å². The largest absolute Gasteiger partial charge is 0.508 e. The van der Waals surface area contributed by atoms with Gasteiger partial charge in [-0.25, -0.2) is 0 Å². The molecule has 1 aromatic heterocycles. The molecule has 3 N–H and O–H groups in total. The van der Waals surface area contributed by atoms with E-state index in [9.17, 15) is 10.3 Å². The second-order valence-corrected chi connectivity index (χ2v) is 5.84. The normalized spacial score (nSPS) is 17.0. The van der Waals surface area contributed by atoms with E-state index in [1.807, 2.05) is 6.07 Å². The summed E-state index contributed by atoms with van der Waals surface area (Å²) in [4.78, 5) is 4.29. The lowest BCUT2D eigenvalue weighted by atomic mass is 9.90. The Balaban J connectivity index is 1.82. The summed E-state index contributed by atoms with van der Waals surface area (Å²) in [5, 5.41) is 26.8. The lowest BCUT2D eigenvalue weighted by Crippen LogP contribution is -2.28. The Kier molecular flexibility index (Phi) is 4.53. The molecule has 0 spiro atoms. The maximum atomic E-state index is 9.71. The van der Waals surface area contributed by atoms with Gasteiger partial charge in [-0.2, -0.15) is 0 Å². The summed E-state index contributed by atoms with van der Waals surface area (Å²) in [5.74, 6) is 0.872. The van der Waals surface area contributed by atoms with Crippen LogP contribution in [0.25, 0.3) is 10.9 Å². The second-order valence-electron chi connectivity index (χ2n) is 5.84. The summed E-state index contributed by atoms with van der Waals surface area (Å²) in [7, 11) is 0. The lowest BCUT2D eigenvalue weighted by molar-refractivity contribution is 0.315. The number of rotatable bonds is 4. The van der Waals surface area contributed by atoms with Gasteiger partial charge in [-0.1, -0.05) is 5.16 Å². The molecule has 1 aromatic carbocycles. The van der Waals surface area contributed by atoms with Crippen LogP contribution in [-0.2, 0) is 0 Å². The molecule has 116 valence electrons. The first-order valence-corrected chi connectivity index (χ1v) is 7.77. The fourth-order valence-corrected chi connectivity index (χ4v) is 3.14. The van der Waals surface area contributed by atoms with Gasteiger partial charge in [0.25, 0.3) is 0 Å². The highest BCUT2D eigenvalue weighted by Crippen LogP contribution is 2.25. The van der Waals surface area contributed by atoms with Gasteiger partial charge >= 0.3 is 0 Å². The van der Waals surface area contributed by atoms with Crippen LogP contribution in [-0.4, -0.2) is 34.1 Å². The first kappa shape index (κ1) is 14.8. The van der Waals surface area contributed by atoms with Crippen molar-refractivity contribution in [2.45, 2.75) is 25.7 Å². The van der Waals surface area contributed by atoms with Gasteiger partial charge in [0, 0.05) is 17.1 Å². The molecule has 2 heterocycles. The summed E-state index contributed by atoms with van der Waals surface area (Å²) in [5.41, 5.74) is 2.30. The second kappa shape index (κ2) is 6.75. The van der Waals surface area contributed by atoms with Crippen molar-refractivity contribution in [2.24, 2.45) is 11.1 Å². The quantitative estimate of drug-likeness (QED) is 0.461. The Hall–Kier alpha value is -2.14. The van der Waals surface area contributed by atoms with E-state index in [1.165, 1.54) is 12.8 Å². The number of nitrogens with one attached hydrogen (secondary N) is 1.